The molecule has 0 aliphatic rings. The maximum atomic E-state index is 12.4. The van der Waals surface area contributed by atoms with Gasteiger partial charge in [-0.05, 0) is 30.3 Å². The van der Waals surface area contributed by atoms with Gasteiger partial charge in [-0.1, -0.05) is 6.07 Å². The van der Waals surface area contributed by atoms with E-state index in [-0.39, 0.29) is 5.91 Å². The van der Waals surface area contributed by atoms with Gasteiger partial charge in [-0.3, -0.25) is 15.1 Å². The summed E-state index contributed by atoms with van der Waals surface area (Å²) in [5, 5.41) is 5.32. The van der Waals surface area contributed by atoms with Gasteiger partial charge in [0.15, 0.2) is 5.13 Å². The lowest BCUT2D eigenvalue weighted by Crippen LogP contribution is -2.14. The van der Waals surface area contributed by atoms with Crippen LogP contribution in [0.25, 0.3) is 11.3 Å². The highest BCUT2D eigenvalue weighted by atomic mass is 32.1. The summed E-state index contributed by atoms with van der Waals surface area (Å²) in [6, 6.07) is 11.3. The molecule has 1 amide bonds. The Hall–Kier alpha value is -2.73. The van der Waals surface area contributed by atoms with E-state index < -0.39 is 0 Å². The van der Waals surface area contributed by atoms with Gasteiger partial charge >= 0.3 is 0 Å². The molecule has 0 radical (unpaired) electrons. The van der Waals surface area contributed by atoms with Crippen LogP contribution in [0.4, 0.5) is 10.8 Å². The molecule has 0 saturated carbocycles. The van der Waals surface area contributed by atoms with Crippen molar-refractivity contribution < 1.29 is 4.79 Å². The summed E-state index contributed by atoms with van der Waals surface area (Å²) < 4.78 is 0. The van der Waals surface area contributed by atoms with Crippen molar-refractivity contribution in [2.45, 2.75) is 0 Å². The first-order valence-corrected chi connectivity index (χ1v) is 7.96. The van der Waals surface area contributed by atoms with Gasteiger partial charge in [0, 0.05) is 48.7 Å². The van der Waals surface area contributed by atoms with E-state index in [1.165, 1.54) is 11.3 Å². The van der Waals surface area contributed by atoms with Crippen LogP contribution in [0.5, 0.6) is 0 Å². The number of aromatic nitrogens is 2. The second kappa shape index (κ2) is 6.58. The number of amides is 1. The molecule has 23 heavy (non-hydrogen) atoms. The lowest BCUT2D eigenvalue weighted by Gasteiger charge is -2.13. The summed E-state index contributed by atoms with van der Waals surface area (Å²) in [6.45, 7) is 0. The zero-order chi connectivity index (χ0) is 16.2. The first-order chi connectivity index (χ1) is 11.1. The molecule has 3 rings (SSSR count). The largest absolute Gasteiger partial charge is 0.378 e. The van der Waals surface area contributed by atoms with Crippen LogP contribution in [0.3, 0.4) is 0 Å². The van der Waals surface area contributed by atoms with Crippen LogP contribution >= 0.6 is 11.3 Å². The minimum absolute atomic E-state index is 0.166. The fourth-order valence-electron chi connectivity index (χ4n) is 2.07. The summed E-state index contributed by atoms with van der Waals surface area (Å²) in [4.78, 5) is 22.8. The minimum Gasteiger partial charge on any atom is -0.378 e. The van der Waals surface area contributed by atoms with Crippen molar-refractivity contribution in [1.82, 2.24) is 9.97 Å². The maximum absolute atomic E-state index is 12.4. The van der Waals surface area contributed by atoms with Gasteiger partial charge < -0.3 is 4.90 Å². The molecule has 0 fully saturated rings. The average Bonchev–Trinajstić information content (AvgIpc) is 3.04. The Balaban J connectivity index is 1.76. The summed E-state index contributed by atoms with van der Waals surface area (Å²) in [7, 11) is 3.88. The number of benzene rings is 1. The molecule has 2 heterocycles. The minimum atomic E-state index is -0.166. The highest BCUT2D eigenvalue weighted by Gasteiger charge is 2.11. The zero-order valence-corrected chi connectivity index (χ0v) is 13.7. The summed E-state index contributed by atoms with van der Waals surface area (Å²) >= 11 is 1.40. The Morgan fingerprint density at radius 3 is 2.83 bits per heavy atom. The van der Waals surface area contributed by atoms with Gasteiger partial charge in [0.25, 0.3) is 5.91 Å². The smallest absolute Gasteiger partial charge is 0.257 e. The molecule has 0 spiro atoms. The lowest BCUT2D eigenvalue weighted by atomic mass is 10.2. The highest BCUT2D eigenvalue weighted by molar-refractivity contribution is 7.14. The first kappa shape index (κ1) is 15.2. The number of rotatable bonds is 4. The summed E-state index contributed by atoms with van der Waals surface area (Å²) in [5.41, 5.74) is 3.32. The van der Waals surface area contributed by atoms with Gasteiger partial charge in [-0.15, -0.1) is 11.3 Å². The second-order valence-electron chi connectivity index (χ2n) is 5.18. The molecule has 1 N–H and O–H groups in total. The Morgan fingerprint density at radius 2 is 2.09 bits per heavy atom. The zero-order valence-electron chi connectivity index (χ0n) is 12.9. The molecule has 3 aromatic rings. The van der Waals surface area contributed by atoms with Crippen molar-refractivity contribution in [3.05, 3.63) is 59.7 Å². The number of hydrogen-bond donors (Lipinski definition) is 1. The van der Waals surface area contributed by atoms with Gasteiger partial charge in [-0.25, -0.2) is 4.98 Å². The summed E-state index contributed by atoms with van der Waals surface area (Å²) in [6.07, 6.45) is 3.47. The van der Waals surface area contributed by atoms with E-state index >= 15 is 0 Å². The quantitative estimate of drug-likeness (QED) is 0.798. The average molecular weight is 324 g/mol. The fraction of sp³-hybridized carbons (Fsp3) is 0.118. The van der Waals surface area contributed by atoms with Crippen molar-refractivity contribution in [3.8, 4) is 11.3 Å². The van der Waals surface area contributed by atoms with Gasteiger partial charge in [-0.2, -0.15) is 0 Å². The van der Waals surface area contributed by atoms with Crippen LogP contribution < -0.4 is 10.2 Å². The highest BCUT2D eigenvalue weighted by Crippen LogP contribution is 2.24. The SMILES string of the molecule is CN(C)c1cccc(C(=O)Nc2nc(-c3cccnc3)cs2)c1. The van der Waals surface area contributed by atoms with Gasteiger partial charge in [0.05, 0.1) is 5.69 Å². The Labute approximate surface area is 138 Å². The third-order valence-electron chi connectivity index (χ3n) is 3.31. The number of pyridine rings is 1. The molecule has 0 aliphatic carbocycles. The van der Waals surface area contributed by atoms with Crippen molar-refractivity contribution in [1.29, 1.82) is 0 Å². The molecule has 116 valence electrons. The molecule has 0 aliphatic heterocycles. The molecule has 0 saturated heterocycles. The lowest BCUT2D eigenvalue weighted by molar-refractivity contribution is 0.102. The first-order valence-electron chi connectivity index (χ1n) is 7.08. The third-order valence-corrected chi connectivity index (χ3v) is 4.06. The molecule has 0 bridgehead atoms. The summed E-state index contributed by atoms with van der Waals surface area (Å²) in [5.74, 6) is -0.166. The Kier molecular flexibility index (Phi) is 4.34. The van der Waals surface area contributed by atoms with E-state index in [1.807, 2.05) is 54.7 Å². The third kappa shape index (κ3) is 3.54. The standard InChI is InChI=1S/C17H16N4OS/c1-21(2)14-7-3-5-12(9-14)16(22)20-17-19-15(11-23-17)13-6-4-8-18-10-13/h3-11H,1-2H3,(H,19,20,22). The topological polar surface area (TPSA) is 58.1 Å². The predicted octanol–water partition coefficient (Wildman–Crippen LogP) is 3.52. The number of nitrogens with zero attached hydrogens (tertiary/aromatic N) is 3. The molecule has 2 aromatic heterocycles. The van der Waals surface area contributed by atoms with Crippen LogP contribution in [0, 0.1) is 0 Å². The maximum Gasteiger partial charge on any atom is 0.257 e. The van der Waals surface area contributed by atoms with E-state index in [0.29, 0.717) is 10.7 Å². The van der Waals surface area contributed by atoms with E-state index in [9.17, 15) is 4.79 Å². The number of thiazole rings is 1. The van der Waals surface area contributed by atoms with Crippen molar-refractivity contribution >= 4 is 28.1 Å². The number of carbonyl (C=O) groups excluding carboxylic acids is 1. The van der Waals surface area contributed by atoms with E-state index in [0.717, 1.165) is 16.9 Å². The predicted molar refractivity (Wildman–Crippen MR) is 94.1 cm³/mol. The molecular weight excluding hydrogens is 308 g/mol. The molecule has 6 heteroatoms. The number of anilines is 2. The van der Waals surface area contributed by atoms with Crippen LogP contribution in [-0.2, 0) is 0 Å². The van der Waals surface area contributed by atoms with Crippen LogP contribution in [-0.4, -0.2) is 30.0 Å². The molecule has 0 unspecified atom stereocenters. The Bertz CT molecular complexity index is 814. The van der Waals surface area contributed by atoms with Crippen LogP contribution in [0.15, 0.2) is 54.2 Å². The molecule has 1 aromatic carbocycles. The normalized spacial score (nSPS) is 10.3. The van der Waals surface area contributed by atoms with E-state index in [1.54, 1.807) is 18.5 Å². The van der Waals surface area contributed by atoms with Crippen molar-refractivity contribution in [3.63, 3.8) is 0 Å². The second-order valence-corrected chi connectivity index (χ2v) is 6.04. The van der Waals surface area contributed by atoms with E-state index in [2.05, 4.69) is 15.3 Å². The van der Waals surface area contributed by atoms with Crippen LogP contribution in [0.1, 0.15) is 10.4 Å². The van der Waals surface area contributed by atoms with Gasteiger partial charge in [0.1, 0.15) is 0 Å². The Morgan fingerprint density at radius 1 is 1.22 bits per heavy atom. The van der Waals surface area contributed by atoms with Crippen molar-refractivity contribution in [2.24, 2.45) is 0 Å². The molecule has 5 nitrogen and oxygen atoms in total. The van der Waals surface area contributed by atoms with Gasteiger partial charge in [0.2, 0.25) is 0 Å². The molecule has 0 atom stereocenters. The van der Waals surface area contributed by atoms with Crippen molar-refractivity contribution in [2.75, 3.05) is 24.3 Å². The van der Waals surface area contributed by atoms with Crippen LogP contribution in [0.2, 0.25) is 0 Å². The number of carbonyl (C=O) groups is 1. The fourth-order valence-corrected chi connectivity index (χ4v) is 2.79. The number of nitrogens with one attached hydrogen (secondary N) is 1. The molecular formula is C17H16N4OS. The monoisotopic (exact) mass is 324 g/mol. The number of hydrogen-bond acceptors (Lipinski definition) is 5. The van der Waals surface area contributed by atoms with E-state index in [4.69, 9.17) is 0 Å².